The fourth-order valence-corrected chi connectivity index (χ4v) is 6.96. The number of hydrogen-bond donors (Lipinski definition) is 2. The van der Waals surface area contributed by atoms with Crippen LogP contribution in [-0.4, -0.2) is 32.8 Å². The Labute approximate surface area is 248 Å². The number of carbonyl (C=O) groups excluding carboxylic acids is 2. The van der Waals surface area contributed by atoms with Crippen molar-refractivity contribution >= 4 is 68.9 Å². The molecule has 0 fully saturated rings. The number of rotatable bonds is 6. The highest BCUT2D eigenvalue weighted by atomic mass is 35.5. The van der Waals surface area contributed by atoms with Gasteiger partial charge in [-0.05, 0) is 30.4 Å². The molecule has 2 aliphatic rings. The van der Waals surface area contributed by atoms with Gasteiger partial charge in [0, 0.05) is 23.8 Å². The second kappa shape index (κ2) is 10.9. The van der Waals surface area contributed by atoms with Crippen LogP contribution >= 0.6 is 46.3 Å². The number of allylic oxidation sites excluding steroid dienone is 3. The summed E-state index contributed by atoms with van der Waals surface area (Å²) in [6.45, 7) is 5.74. The standard InChI is InChI=1S/C26H23Cl2N7O3S2/c1-12-7-18(34-38-12)31-19(37)11-39-25-33-32-24(40-25)35-16-8-26(2,3)9-17(36)21(16)20(14(10-29)23(35)30)13-5-4-6-15(27)22(13)28/h4-7,20H,8-9,11,30H2,1-3H3,(H,31,34,37). The van der Waals surface area contributed by atoms with Gasteiger partial charge in [-0.3, -0.25) is 14.5 Å². The topological polar surface area (TPSA) is 151 Å². The molecule has 1 unspecified atom stereocenters. The van der Waals surface area contributed by atoms with Crippen LogP contribution in [0, 0.1) is 23.7 Å². The van der Waals surface area contributed by atoms with Crippen molar-refractivity contribution in [2.75, 3.05) is 16.0 Å². The molecule has 1 amide bonds. The minimum atomic E-state index is -0.767. The van der Waals surface area contributed by atoms with Gasteiger partial charge in [-0.2, -0.15) is 5.26 Å². The zero-order chi connectivity index (χ0) is 28.8. The highest BCUT2D eigenvalue weighted by molar-refractivity contribution is 8.01. The molecule has 1 aromatic carbocycles. The SMILES string of the molecule is Cc1cc(NC(=O)CSc2nnc(N3C(N)=C(C#N)C(c4cccc(Cl)c4Cl)C4=C3CC(C)(C)CC4=O)s2)no1. The van der Waals surface area contributed by atoms with Gasteiger partial charge in [0.2, 0.25) is 11.0 Å². The molecular formula is C26H23Cl2N7O3S2. The maximum atomic E-state index is 13.7. The lowest BCUT2D eigenvalue weighted by Crippen LogP contribution is -2.42. The van der Waals surface area contributed by atoms with E-state index in [0.717, 1.165) is 0 Å². The highest BCUT2D eigenvalue weighted by Crippen LogP contribution is 2.52. The number of hydrogen-bond acceptors (Lipinski definition) is 11. The zero-order valence-corrected chi connectivity index (χ0v) is 24.8. The van der Waals surface area contributed by atoms with Gasteiger partial charge in [0.25, 0.3) is 0 Å². The first-order valence-electron chi connectivity index (χ1n) is 12.1. The van der Waals surface area contributed by atoms with Crippen molar-refractivity contribution in [2.24, 2.45) is 11.1 Å². The molecule has 3 aromatic rings. The lowest BCUT2D eigenvalue weighted by atomic mass is 9.68. The van der Waals surface area contributed by atoms with Gasteiger partial charge < -0.3 is 15.6 Å². The summed E-state index contributed by atoms with van der Waals surface area (Å²) in [6, 6.07) is 8.95. The van der Waals surface area contributed by atoms with Crippen molar-refractivity contribution in [3.8, 4) is 6.07 Å². The molecule has 206 valence electrons. The van der Waals surface area contributed by atoms with E-state index in [-0.39, 0.29) is 39.3 Å². The van der Waals surface area contributed by atoms with Crippen molar-refractivity contribution in [1.82, 2.24) is 15.4 Å². The lowest BCUT2D eigenvalue weighted by Gasteiger charge is -2.42. The summed E-state index contributed by atoms with van der Waals surface area (Å²) in [6.07, 6.45) is 0.800. The molecule has 1 atom stereocenters. The van der Waals surface area contributed by atoms with Crippen LogP contribution in [0.2, 0.25) is 10.0 Å². The van der Waals surface area contributed by atoms with E-state index >= 15 is 0 Å². The summed E-state index contributed by atoms with van der Waals surface area (Å²) < 4.78 is 5.47. The maximum absolute atomic E-state index is 13.7. The predicted molar refractivity (Wildman–Crippen MR) is 154 cm³/mol. The number of thioether (sulfide) groups is 1. The van der Waals surface area contributed by atoms with Crippen molar-refractivity contribution in [2.45, 2.75) is 43.9 Å². The van der Waals surface area contributed by atoms with Crippen molar-refractivity contribution in [3.05, 3.63) is 68.3 Å². The van der Waals surface area contributed by atoms with Crippen molar-refractivity contribution < 1.29 is 14.1 Å². The Morgan fingerprint density at radius 3 is 2.83 bits per heavy atom. The lowest BCUT2D eigenvalue weighted by molar-refractivity contribution is -0.118. The third-order valence-electron chi connectivity index (χ3n) is 6.48. The number of nitrogens with zero attached hydrogens (tertiary/aromatic N) is 5. The largest absolute Gasteiger partial charge is 0.384 e. The number of aryl methyl sites for hydroxylation is 1. The van der Waals surface area contributed by atoms with E-state index in [1.165, 1.54) is 23.1 Å². The van der Waals surface area contributed by atoms with Gasteiger partial charge in [-0.15, -0.1) is 10.2 Å². The predicted octanol–water partition coefficient (Wildman–Crippen LogP) is 5.81. The number of carbonyl (C=O) groups is 2. The molecule has 2 aromatic heterocycles. The molecule has 1 aliphatic heterocycles. The number of nitrogens with one attached hydrogen (secondary N) is 1. The summed E-state index contributed by atoms with van der Waals surface area (Å²) in [7, 11) is 0. The van der Waals surface area contributed by atoms with E-state index in [1.54, 1.807) is 36.1 Å². The highest BCUT2D eigenvalue weighted by Gasteiger charge is 2.46. The van der Waals surface area contributed by atoms with Crippen LogP contribution < -0.4 is 16.0 Å². The molecule has 0 radical (unpaired) electrons. The van der Waals surface area contributed by atoms with Gasteiger partial charge in [-0.25, -0.2) is 0 Å². The van der Waals surface area contributed by atoms with Crippen LogP contribution in [0.25, 0.3) is 0 Å². The Bertz CT molecular complexity index is 1640. The number of nitrogens with two attached hydrogens (primary N) is 1. The number of nitriles is 1. The molecule has 10 nitrogen and oxygen atoms in total. The summed E-state index contributed by atoms with van der Waals surface area (Å²) in [5.41, 5.74) is 8.09. The summed E-state index contributed by atoms with van der Waals surface area (Å²) in [5, 5.41) is 26.2. The smallest absolute Gasteiger partial charge is 0.236 e. The Hall–Kier alpha value is -3.37. The van der Waals surface area contributed by atoms with Gasteiger partial charge in [0.1, 0.15) is 11.6 Å². The van der Waals surface area contributed by atoms with Crippen molar-refractivity contribution in [1.29, 1.82) is 5.26 Å². The second-order valence-corrected chi connectivity index (χ2v) is 13.1. The van der Waals surface area contributed by atoms with Crippen LogP contribution in [0.4, 0.5) is 10.9 Å². The van der Waals surface area contributed by atoms with E-state index in [1.807, 2.05) is 13.8 Å². The molecule has 5 rings (SSSR count). The summed E-state index contributed by atoms with van der Waals surface area (Å²) in [5.74, 6) is -0.0459. The normalized spacial score (nSPS) is 18.6. The number of Topliss-reactive ketones (excluding diaryl/α,β-unsaturated/α-hetero) is 1. The average molecular weight is 617 g/mol. The third-order valence-corrected chi connectivity index (χ3v) is 9.36. The van der Waals surface area contributed by atoms with Crippen LogP contribution in [0.1, 0.15) is 43.9 Å². The summed E-state index contributed by atoms with van der Waals surface area (Å²) in [4.78, 5) is 27.7. The van der Waals surface area contributed by atoms with E-state index in [0.29, 0.717) is 55.7 Å². The fourth-order valence-electron chi connectivity index (χ4n) is 4.86. The van der Waals surface area contributed by atoms with E-state index < -0.39 is 5.92 Å². The Morgan fingerprint density at radius 2 is 2.12 bits per heavy atom. The first-order chi connectivity index (χ1) is 19.0. The van der Waals surface area contributed by atoms with Crippen LogP contribution in [0.15, 0.2) is 55.8 Å². The van der Waals surface area contributed by atoms with E-state index in [4.69, 9.17) is 33.5 Å². The Balaban J connectivity index is 1.50. The molecule has 0 saturated carbocycles. The zero-order valence-electron chi connectivity index (χ0n) is 21.6. The van der Waals surface area contributed by atoms with E-state index in [9.17, 15) is 14.9 Å². The molecule has 3 heterocycles. The molecule has 14 heteroatoms. The first-order valence-corrected chi connectivity index (χ1v) is 14.6. The number of amides is 1. The first kappa shape index (κ1) is 28.2. The number of benzene rings is 1. The number of halogens is 2. The summed E-state index contributed by atoms with van der Waals surface area (Å²) >= 11 is 15.3. The molecule has 0 spiro atoms. The third kappa shape index (κ3) is 5.34. The van der Waals surface area contributed by atoms with Crippen LogP contribution in [-0.2, 0) is 9.59 Å². The van der Waals surface area contributed by atoms with Gasteiger partial charge in [-0.1, -0.05) is 77.4 Å². The number of aromatic nitrogens is 3. The van der Waals surface area contributed by atoms with Crippen LogP contribution in [0.5, 0.6) is 0 Å². The second-order valence-electron chi connectivity index (χ2n) is 10.1. The van der Waals surface area contributed by atoms with E-state index in [2.05, 4.69) is 26.7 Å². The maximum Gasteiger partial charge on any atom is 0.236 e. The number of anilines is 2. The quantitative estimate of drug-likeness (QED) is 0.325. The van der Waals surface area contributed by atoms with Gasteiger partial charge in [0.15, 0.2) is 15.9 Å². The van der Waals surface area contributed by atoms with Crippen LogP contribution in [0.3, 0.4) is 0 Å². The van der Waals surface area contributed by atoms with Gasteiger partial charge in [0.05, 0.1) is 33.4 Å². The molecule has 0 saturated heterocycles. The Morgan fingerprint density at radius 1 is 1.35 bits per heavy atom. The molecule has 40 heavy (non-hydrogen) atoms. The van der Waals surface area contributed by atoms with Gasteiger partial charge >= 0.3 is 0 Å². The monoisotopic (exact) mass is 615 g/mol. The molecule has 1 aliphatic carbocycles. The molecular weight excluding hydrogens is 593 g/mol. The fraction of sp³-hybridized carbons (Fsp3) is 0.308. The number of ketones is 1. The molecule has 3 N–H and O–H groups in total. The average Bonchev–Trinajstić information content (AvgIpc) is 3.51. The minimum absolute atomic E-state index is 0.0596. The minimum Gasteiger partial charge on any atom is -0.384 e. The molecule has 0 bridgehead atoms. The Kier molecular flexibility index (Phi) is 7.67. The van der Waals surface area contributed by atoms with Crippen molar-refractivity contribution in [3.63, 3.8) is 0 Å².